The minimum Gasteiger partial charge on any atom is -0.396 e. The summed E-state index contributed by atoms with van der Waals surface area (Å²) in [6.07, 6.45) is 0.483. The zero-order valence-corrected chi connectivity index (χ0v) is 8.51. The van der Waals surface area contributed by atoms with E-state index in [2.05, 4.69) is 4.99 Å². The zero-order valence-electron chi connectivity index (χ0n) is 6.88. The van der Waals surface area contributed by atoms with Crippen LogP contribution in [0.3, 0.4) is 0 Å². The molecule has 0 aliphatic carbocycles. The molecule has 0 unspecified atom stereocenters. The molecule has 0 bridgehead atoms. The van der Waals surface area contributed by atoms with Crippen LogP contribution in [0.25, 0.3) is 0 Å². The molecule has 8 heteroatoms. The summed E-state index contributed by atoms with van der Waals surface area (Å²) in [6, 6.07) is 0. The number of aliphatic imine (C=N–C) groups is 1. The molecule has 0 saturated heterocycles. The molecule has 0 saturated carbocycles. The fourth-order valence-corrected chi connectivity index (χ4v) is 1.64. The van der Waals surface area contributed by atoms with Crippen molar-refractivity contribution in [2.24, 2.45) is 10.7 Å². The fraction of sp³-hybridized carbons (Fsp3) is 0.800. The standard InChI is InChI=1S/C5H12N2O4S2/c6-5(7-2-1-3-8)4-12-13(9,10)11/h8H,1-4H2,(H2,6,7)(H,9,10,11). The molecule has 0 aromatic heterocycles. The van der Waals surface area contributed by atoms with E-state index < -0.39 is 9.15 Å². The lowest BCUT2D eigenvalue weighted by atomic mass is 10.5. The van der Waals surface area contributed by atoms with Crippen LogP contribution < -0.4 is 5.73 Å². The molecule has 0 aromatic carbocycles. The first-order chi connectivity index (χ1) is 5.95. The van der Waals surface area contributed by atoms with Crippen LogP contribution >= 0.6 is 10.8 Å². The molecule has 0 rings (SSSR count). The Kier molecular flexibility index (Phi) is 6.04. The smallest absolute Gasteiger partial charge is 0.320 e. The van der Waals surface area contributed by atoms with Crippen LogP contribution in [0.4, 0.5) is 0 Å². The number of aliphatic hydroxyl groups excluding tert-OH is 1. The minimum absolute atomic E-state index is 0.0161. The maximum absolute atomic E-state index is 10.2. The van der Waals surface area contributed by atoms with E-state index >= 15 is 0 Å². The summed E-state index contributed by atoms with van der Waals surface area (Å²) < 4.78 is 28.8. The predicted molar refractivity (Wildman–Crippen MR) is 52.2 cm³/mol. The highest BCUT2D eigenvalue weighted by atomic mass is 33.1. The molecule has 0 atom stereocenters. The van der Waals surface area contributed by atoms with E-state index in [0.717, 1.165) is 0 Å². The Balaban J connectivity index is 3.74. The Morgan fingerprint density at radius 1 is 1.54 bits per heavy atom. The summed E-state index contributed by atoms with van der Waals surface area (Å²) in [6.45, 7) is 0.372. The number of aliphatic hydroxyl groups is 1. The minimum atomic E-state index is -4.04. The van der Waals surface area contributed by atoms with E-state index in [4.69, 9.17) is 15.4 Å². The van der Waals surface area contributed by atoms with Crippen molar-refractivity contribution in [3.05, 3.63) is 0 Å². The molecule has 78 valence electrons. The first-order valence-corrected chi connectivity index (χ1v) is 6.41. The molecule has 0 amide bonds. The van der Waals surface area contributed by atoms with Crippen molar-refractivity contribution < 1.29 is 18.1 Å². The highest BCUT2D eigenvalue weighted by molar-refractivity contribution is 8.70. The van der Waals surface area contributed by atoms with Gasteiger partial charge in [0.25, 0.3) is 0 Å². The van der Waals surface area contributed by atoms with Crippen molar-refractivity contribution in [2.75, 3.05) is 18.9 Å². The lowest BCUT2D eigenvalue weighted by Gasteiger charge is -1.97. The van der Waals surface area contributed by atoms with Gasteiger partial charge < -0.3 is 10.8 Å². The third-order valence-electron chi connectivity index (χ3n) is 0.987. The van der Waals surface area contributed by atoms with Crippen LogP contribution in [0.15, 0.2) is 4.99 Å². The number of amidine groups is 1. The predicted octanol–water partition coefficient (Wildman–Crippen LogP) is -0.738. The molecule has 0 aliphatic heterocycles. The largest absolute Gasteiger partial charge is 0.396 e. The molecular formula is C5H12N2O4S2. The average Bonchev–Trinajstić information content (AvgIpc) is 2.00. The van der Waals surface area contributed by atoms with Gasteiger partial charge in [-0.05, 0) is 6.42 Å². The monoisotopic (exact) mass is 228 g/mol. The topological polar surface area (TPSA) is 113 Å². The number of hydrogen-bond acceptors (Lipinski definition) is 5. The van der Waals surface area contributed by atoms with Gasteiger partial charge in [0.15, 0.2) is 0 Å². The highest BCUT2D eigenvalue weighted by Gasteiger charge is 2.05. The van der Waals surface area contributed by atoms with E-state index in [1.54, 1.807) is 0 Å². The van der Waals surface area contributed by atoms with Gasteiger partial charge in [-0.2, -0.15) is 8.42 Å². The van der Waals surface area contributed by atoms with Crippen molar-refractivity contribution in [1.29, 1.82) is 0 Å². The molecule has 13 heavy (non-hydrogen) atoms. The lowest BCUT2D eigenvalue weighted by Crippen LogP contribution is -2.16. The zero-order chi connectivity index (χ0) is 10.3. The van der Waals surface area contributed by atoms with Gasteiger partial charge in [0.05, 0.1) is 5.75 Å². The Morgan fingerprint density at radius 2 is 2.15 bits per heavy atom. The van der Waals surface area contributed by atoms with Crippen molar-refractivity contribution in [3.63, 3.8) is 0 Å². The summed E-state index contributed by atoms with van der Waals surface area (Å²) in [7, 11) is -3.73. The normalized spacial score (nSPS) is 13.2. The molecule has 6 nitrogen and oxygen atoms in total. The number of nitrogens with zero attached hydrogens (tertiary/aromatic N) is 1. The van der Waals surface area contributed by atoms with Crippen LogP contribution in [0.1, 0.15) is 6.42 Å². The summed E-state index contributed by atoms with van der Waals surface area (Å²) in [5.74, 6) is 0.0700. The third kappa shape index (κ3) is 9.61. The SMILES string of the molecule is NC(CSS(=O)(=O)O)=NCCCO. The van der Waals surface area contributed by atoms with E-state index in [1.807, 2.05) is 0 Å². The Labute approximate surface area is 80.4 Å². The Hall–Kier alpha value is -0.310. The van der Waals surface area contributed by atoms with Gasteiger partial charge in [0.2, 0.25) is 0 Å². The maximum Gasteiger partial charge on any atom is 0.320 e. The average molecular weight is 228 g/mol. The summed E-state index contributed by atoms with van der Waals surface area (Å²) in [4.78, 5) is 3.76. The quantitative estimate of drug-likeness (QED) is 0.181. The number of hydrogen-bond donors (Lipinski definition) is 3. The lowest BCUT2D eigenvalue weighted by molar-refractivity contribution is 0.291. The van der Waals surface area contributed by atoms with Gasteiger partial charge in [0.1, 0.15) is 5.84 Å². The second kappa shape index (κ2) is 6.19. The number of nitrogens with two attached hydrogens (primary N) is 1. The Bertz CT molecular complexity index is 262. The van der Waals surface area contributed by atoms with Crippen molar-refractivity contribution in [3.8, 4) is 0 Å². The molecule has 0 radical (unpaired) electrons. The van der Waals surface area contributed by atoms with Crippen LogP contribution in [-0.2, 0) is 9.15 Å². The van der Waals surface area contributed by atoms with Crippen LogP contribution in [-0.4, -0.2) is 42.8 Å². The first-order valence-electron chi connectivity index (χ1n) is 3.47. The summed E-state index contributed by atoms with van der Waals surface area (Å²) >= 11 is 0. The molecule has 0 spiro atoms. The van der Waals surface area contributed by atoms with Gasteiger partial charge in [-0.15, -0.1) is 0 Å². The van der Waals surface area contributed by atoms with Crippen LogP contribution in [0, 0.1) is 0 Å². The second-order valence-electron chi connectivity index (χ2n) is 2.14. The molecular weight excluding hydrogens is 216 g/mol. The van der Waals surface area contributed by atoms with E-state index in [-0.39, 0.29) is 18.2 Å². The van der Waals surface area contributed by atoms with Crippen molar-refractivity contribution in [1.82, 2.24) is 0 Å². The van der Waals surface area contributed by atoms with E-state index in [0.29, 0.717) is 23.8 Å². The Morgan fingerprint density at radius 3 is 2.62 bits per heavy atom. The third-order valence-corrected chi connectivity index (χ3v) is 2.95. The summed E-state index contributed by atoms with van der Waals surface area (Å²) in [5, 5.41) is 8.39. The van der Waals surface area contributed by atoms with E-state index in [1.165, 1.54) is 0 Å². The molecule has 0 fully saturated rings. The van der Waals surface area contributed by atoms with Crippen LogP contribution in [0.5, 0.6) is 0 Å². The van der Waals surface area contributed by atoms with Gasteiger partial charge in [0, 0.05) is 23.9 Å². The van der Waals surface area contributed by atoms with Crippen LogP contribution in [0.2, 0.25) is 0 Å². The van der Waals surface area contributed by atoms with Gasteiger partial charge in [-0.25, -0.2) is 0 Å². The van der Waals surface area contributed by atoms with Crippen molar-refractivity contribution in [2.45, 2.75) is 6.42 Å². The summed E-state index contributed by atoms with van der Waals surface area (Å²) in [5.41, 5.74) is 5.29. The molecule has 0 aromatic rings. The van der Waals surface area contributed by atoms with E-state index in [9.17, 15) is 8.42 Å². The van der Waals surface area contributed by atoms with Gasteiger partial charge in [-0.1, -0.05) is 0 Å². The maximum atomic E-state index is 10.2. The van der Waals surface area contributed by atoms with Gasteiger partial charge in [-0.3, -0.25) is 9.55 Å². The highest BCUT2D eigenvalue weighted by Crippen LogP contribution is 2.07. The van der Waals surface area contributed by atoms with Gasteiger partial charge >= 0.3 is 9.15 Å². The first kappa shape index (κ1) is 12.7. The fourth-order valence-electron chi connectivity index (χ4n) is 0.474. The molecule has 0 heterocycles. The second-order valence-corrected chi connectivity index (χ2v) is 5.49. The molecule has 0 aliphatic rings. The molecule has 4 N–H and O–H groups in total. The van der Waals surface area contributed by atoms with Crippen molar-refractivity contribution >= 4 is 25.8 Å². The number of rotatable bonds is 6.